The maximum Gasteiger partial charge on any atom is 0.260 e. The topological polar surface area (TPSA) is 101 Å². The highest BCUT2D eigenvalue weighted by atomic mass is 16.3. The number of hydrogen-bond donors (Lipinski definition) is 3. The standard InChI is InChI=1S/C11H10N4O2/c12-9-7(3-1-5-13-9)11(17)15-10-8(16)4-2-6-14-10/h1-6,16H,(H2,12,13)(H,14,15,17). The number of pyridine rings is 2. The SMILES string of the molecule is Nc1ncccc1C(=O)Nc1ncccc1O. The van der Waals surface area contributed by atoms with Crippen molar-refractivity contribution in [2.45, 2.75) is 0 Å². The Balaban J connectivity index is 2.24. The van der Waals surface area contributed by atoms with Gasteiger partial charge in [0.2, 0.25) is 0 Å². The molecule has 2 rings (SSSR count). The fraction of sp³-hybridized carbons (Fsp3) is 0. The Morgan fingerprint density at radius 3 is 2.65 bits per heavy atom. The van der Waals surface area contributed by atoms with Crippen molar-refractivity contribution in [3.63, 3.8) is 0 Å². The van der Waals surface area contributed by atoms with E-state index < -0.39 is 5.91 Å². The van der Waals surface area contributed by atoms with E-state index in [9.17, 15) is 9.90 Å². The van der Waals surface area contributed by atoms with E-state index in [0.717, 1.165) is 0 Å². The van der Waals surface area contributed by atoms with Gasteiger partial charge < -0.3 is 16.2 Å². The van der Waals surface area contributed by atoms with Gasteiger partial charge in [-0.1, -0.05) is 0 Å². The first kappa shape index (κ1) is 10.9. The average Bonchev–Trinajstić information content (AvgIpc) is 2.32. The van der Waals surface area contributed by atoms with Crippen LogP contribution in [-0.2, 0) is 0 Å². The van der Waals surface area contributed by atoms with Gasteiger partial charge in [-0.25, -0.2) is 9.97 Å². The smallest absolute Gasteiger partial charge is 0.260 e. The average molecular weight is 230 g/mol. The van der Waals surface area contributed by atoms with E-state index in [0.29, 0.717) is 0 Å². The molecule has 0 saturated carbocycles. The third-order valence-electron chi connectivity index (χ3n) is 2.10. The summed E-state index contributed by atoms with van der Waals surface area (Å²) in [6.07, 6.45) is 2.95. The van der Waals surface area contributed by atoms with Gasteiger partial charge in [-0.15, -0.1) is 0 Å². The van der Waals surface area contributed by atoms with Crippen LogP contribution in [0.25, 0.3) is 0 Å². The Morgan fingerprint density at radius 2 is 1.94 bits per heavy atom. The molecule has 0 atom stereocenters. The Hall–Kier alpha value is -2.63. The van der Waals surface area contributed by atoms with Crippen LogP contribution in [0.15, 0.2) is 36.7 Å². The molecule has 0 radical (unpaired) electrons. The summed E-state index contributed by atoms with van der Waals surface area (Å²) in [6.45, 7) is 0. The zero-order valence-corrected chi connectivity index (χ0v) is 8.79. The Labute approximate surface area is 97.1 Å². The van der Waals surface area contributed by atoms with Crippen LogP contribution in [0.4, 0.5) is 11.6 Å². The van der Waals surface area contributed by atoms with E-state index in [1.165, 1.54) is 24.5 Å². The van der Waals surface area contributed by atoms with Gasteiger partial charge in [-0.2, -0.15) is 0 Å². The summed E-state index contributed by atoms with van der Waals surface area (Å²) in [7, 11) is 0. The van der Waals surface area contributed by atoms with Crippen LogP contribution in [-0.4, -0.2) is 21.0 Å². The molecule has 2 aromatic rings. The van der Waals surface area contributed by atoms with Gasteiger partial charge in [0.1, 0.15) is 5.82 Å². The Bertz CT molecular complexity index is 557. The van der Waals surface area contributed by atoms with E-state index in [4.69, 9.17) is 5.73 Å². The number of aromatic nitrogens is 2. The Morgan fingerprint density at radius 1 is 1.24 bits per heavy atom. The second-order valence-electron chi connectivity index (χ2n) is 3.26. The lowest BCUT2D eigenvalue weighted by Gasteiger charge is -2.06. The lowest BCUT2D eigenvalue weighted by atomic mass is 10.2. The lowest BCUT2D eigenvalue weighted by Crippen LogP contribution is -2.15. The quantitative estimate of drug-likeness (QED) is 0.714. The number of nitrogen functional groups attached to an aromatic ring is 1. The van der Waals surface area contributed by atoms with Gasteiger partial charge in [0, 0.05) is 12.4 Å². The summed E-state index contributed by atoms with van der Waals surface area (Å²) < 4.78 is 0. The van der Waals surface area contributed by atoms with Gasteiger partial charge in [-0.3, -0.25) is 4.79 Å². The van der Waals surface area contributed by atoms with Crippen LogP contribution in [0, 0.1) is 0 Å². The molecule has 4 N–H and O–H groups in total. The fourth-order valence-corrected chi connectivity index (χ4v) is 1.28. The minimum Gasteiger partial charge on any atom is -0.504 e. The molecular weight excluding hydrogens is 220 g/mol. The van der Waals surface area contributed by atoms with Gasteiger partial charge in [0.15, 0.2) is 11.6 Å². The van der Waals surface area contributed by atoms with E-state index in [-0.39, 0.29) is 22.9 Å². The molecule has 0 aromatic carbocycles. The highest BCUT2D eigenvalue weighted by Gasteiger charge is 2.12. The van der Waals surface area contributed by atoms with Crippen LogP contribution >= 0.6 is 0 Å². The summed E-state index contributed by atoms with van der Waals surface area (Å²) in [5.41, 5.74) is 5.79. The number of hydrogen-bond acceptors (Lipinski definition) is 5. The fourth-order valence-electron chi connectivity index (χ4n) is 1.28. The van der Waals surface area contributed by atoms with Crippen molar-refractivity contribution in [2.24, 2.45) is 0 Å². The third-order valence-corrected chi connectivity index (χ3v) is 2.10. The molecule has 0 unspecified atom stereocenters. The number of amides is 1. The van der Waals surface area contributed by atoms with Gasteiger partial charge in [0.25, 0.3) is 5.91 Å². The monoisotopic (exact) mass is 230 g/mol. The maximum atomic E-state index is 11.8. The molecule has 6 heteroatoms. The van der Waals surface area contributed by atoms with Crippen LogP contribution in [0.1, 0.15) is 10.4 Å². The molecule has 1 amide bonds. The molecule has 0 bridgehead atoms. The molecule has 2 aromatic heterocycles. The van der Waals surface area contributed by atoms with E-state index in [1.54, 1.807) is 12.1 Å². The molecule has 0 fully saturated rings. The second kappa shape index (κ2) is 4.48. The highest BCUT2D eigenvalue weighted by molar-refractivity contribution is 6.07. The van der Waals surface area contributed by atoms with Crippen LogP contribution < -0.4 is 11.1 Å². The highest BCUT2D eigenvalue weighted by Crippen LogP contribution is 2.19. The summed E-state index contributed by atoms with van der Waals surface area (Å²) in [5.74, 6) is -0.367. The largest absolute Gasteiger partial charge is 0.504 e. The van der Waals surface area contributed by atoms with Gasteiger partial charge in [0.05, 0.1) is 5.56 Å². The first-order valence-electron chi connectivity index (χ1n) is 4.84. The molecule has 86 valence electrons. The van der Waals surface area contributed by atoms with E-state index in [2.05, 4.69) is 15.3 Å². The van der Waals surface area contributed by atoms with Crippen molar-refractivity contribution < 1.29 is 9.90 Å². The first-order valence-corrected chi connectivity index (χ1v) is 4.84. The zero-order chi connectivity index (χ0) is 12.3. The van der Waals surface area contributed by atoms with E-state index >= 15 is 0 Å². The van der Waals surface area contributed by atoms with Gasteiger partial charge in [-0.05, 0) is 24.3 Å². The molecule has 0 saturated heterocycles. The normalized spacial score (nSPS) is 9.88. The van der Waals surface area contributed by atoms with Crippen molar-refractivity contribution in [2.75, 3.05) is 11.1 Å². The third kappa shape index (κ3) is 2.31. The number of carbonyl (C=O) groups is 1. The predicted molar refractivity (Wildman–Crippen MR) is 62.5 cm³/mol. The van der Waals surface area contributed by atoms with Crippen molar-refractivity contribution in [1.29, 1.82) is 0 Å². The van der Waals surface area contributed by atoms with Crippen molar-refractivity contribution >= 4 is 17.5 Å². The molecule has 0 aliphatic carbocycles. The maximum absolute atomic E-state index is 11.8. The Kier molecular flexibility index (Phi) is 2.87. The summed E-state index contributed by atoms with van der Waals surface area (Å²) >= 11 is 0. The van der Waals surface area contributed by atoms with Crippen LogP contribution in [0.2, 0.25) is 0 Å². The number of rotatable bonds is 2. The number of nitrogens with one attached hydrogen (secondary N) is 1. The number of nitrogens with zero attached hydrogens (tertiary/aromatic N) is 2. The van der Waals surface area contributed by atoms with Gasteiger partial charge >= 0.3 is 0 Å². The minimum atomic E-state index is -0.468. The lowest BCUT2D eigenvalue weighted by molar-refractivity contribution is 0.102. The second-order valence-corrected chi connectivity index (χ2v) is 3.26. The summed E-state index contributed by atoms with van der Waals surface area (Å²) in [6, 6.07) is 6.12. The summed E-state index contributed by atoms with van der Waals surface area (Å²) in [5, 5.41) is 11.9. The first-order chi connectivity index (χ1) is 8.18. The minimum absolute atomic E-state index is 0.0840. The number of carbonyl (C=O) groups excluding carboxylic acids is 1. The zero-order valence-electron chi connectivity index (χ0n) is 8.79. The van der Waals surface area contributed by atoms with Crippen molar-refractivity contribution in [3.05, 3.63) is 42.2 Å². The van der Waals surface area contributed by atoms with Crippen molar-refractivity contribution in [1.82, 2.24) is 9.97 Å². The van der Waals surface area contributed by atoms with Crippen LogP contribution in [0.5, 0.6) is 5.75 Å². The predicted octanol–water partition coefficient (Wildman–Crippen LogP) is 1.02. The summed E-state index contributed by atoms with van der Waals surface area (Å²) in [4.78, 5) is 19.4. The molecule has 0 spiro atoms. The molecule has 2 heterocycles. The number of anilines is 2. The molecular formula is C11H10N4O2. The molecule has 17 heavy (non-hydrogen) atoms. The number of aromatic hydroxyl groups is 1. The number of nitrogens with two attached hydrogens (primary N) is 1. The van der Waals surface area contributed by atoms with E-state index in [1.807, 2.05) is 0 Å². The molecule has 6 nitrogen and oxygen atoms in total. The molecule has 0 aliphatic rings. The van der Waals surface area contributed by atoms with Crippen LogP contribution in [0.3, 0.4) is 0 Å². The molecule has 0 aliphatic heterocycles. The van der Waals surface area contributed by atoms with Crippen molar-refractivity contribution in [3.8, 4) is 5.75 Å².